The maximum absolute atomic E-state index is 14.7. The van der Waals surface area contributed by atoms with Crippen LogP contribution in [0.2, 0.25) is 0 Å². The second-order valence-corrected chi connectivity index (χ2v) is 10.8. The van der Waals surface area contributed by atoms with E-state index in [1.54, 1.807) is 6.07 Å². The number of sulfone groups is 1. The molecule has 0 aliphatic heterocycles. The third kappa shape index (κ3) is 4.79. The molecule has 2 N–H and O–H groups in total. The van der Waals surface area contributed by atoms with Crippen molar-refractivity contribution in [3.63, 3.8) is 0 Å². The molecule has 2 aromatic carbocycles. The van der Waals surface area contributed by atoms with Gasteiger partial charge in [0.25, 0.3) is 0 Å². The Morgan fingerprint density at radius 2 is 1.80 bits per heavy atom. The number of aromatic nitrogens is 3. The second kappa shape index (κ2) is 9.53. The number of nitrogens with zero attached hydrogens (tertiary/aromatic N) is 3. The van der Waals surface area contributed by atoms with Gasteiger partial charge in [0.1, 0.15) is 22.2 Å². The Balaban J connectivity index is 1.69. The summed E-state index contributed by atoms with van der Waals surface area (Å²) in [6.07, 6.45) is 3.01. The summed E-state index contributed by atoms with van der Waals surface area (Å²) in [7, 11) is -3.78. The first-order valence-corrected chi connectivity index (χ1v) is 12.6. The number of nitrogen functional groups attached to an aromatic ring is 1. The summed E-state index contributed by atoms with van der Waals surface area (Å²) in [4.78, 5) is 8.14. The van der Waals surface area contributed by atoms with Gasteiger partial charge in [0.15, 0.2) is 27.1 Å². The van der Waals surface area contributed by atoms with E-state index >= 15 is 0 Å². The number of hydrogen-bond donors (Lipinski definition) is 1. The summed E-state index contributed by atoms with van der Waals surface area (Å²) in [5, 5.41) is 3.18. The largest absolute Gasteiger partial charge is 0.382 e. The fraction of sp³-hybridized carbons (Fsp3) is 0.240. The van der Waals surface area contributed by atoms with Crippen LogP contribution in [-0.2, 0) is 16.3 Å². The van der Waals surface area contributed by atoms with Crippen molar-refractivity contribution in [1.29, 1.82) is 0 Å². The van der Waals surface area contributed by atoms with E-state index in [4.69, 9.17) is 10.3 Å². The van der Waals surface area contributed by atoms with Crippen LogP contribution in [0.3, 0.4) is 0 Å². The average Bonchev–Trinajstić information content (AvgIpc) is 3.29. The van der Waals surface area contributed by atoms with E-state index in [9.17, 15) is 17.2 Å². The lowest BCUT2D eigenvalue weighted by Gasteiger charge is -2.10. The number of nitrogens with two attached hydrogens (primary N) is 1. The highest BCUT2D eigenvalue weighted by atomic mass is 32.2. The fourth-order valence-corrected chi connectivity index (χ4v) is 4.68. The van der Waals surface area contributed by atoms with Crippen LogP contribution in [-0.4, -0.2) is 28.8 Å². The van der Waals surface area contributed by atoms with Gasteiger partial charge in [0, 0.05) is 17.2 Å². The minimum Gasteiger partial charge on any atom is -0.382 e. The third-order valence-electron chi connectivity index (χ3n) is 5.55. The van der Waals surface area contributed by atoms with Crippen LogP contribution in [0.4, 0.5) is 14.6 Å². The number of anilines is 1. The van der Waals surface area contributed by atoms with E-state index in [0.29, 0.717) is 5.56 Å². The summed E-state index contributed by atoms with van der Waals surface area (Å²) < 4.78 is 59.4. The minimum atomic E-state index is -3.78. The van der Waals surface area contributed by atoms with Crippen LogP contribution < -0.4 is 5.73 Å². The maximum Gasteiger partial charge on any atom is 0.189 e. The summed E-state index contributed by atoms with van der Waals surface area (Å²) in [6, 6.07) is 10.2. The predicted octanol–water partition coefficient (Wildman–Crippen LogP) is 5.46. The van der Waals surface area contributed by atoms with Crippen molar-refractivity contribution in [2.75, 3.05) is 5.73 Å². The molecule has 4 aromatic rings. The van der Waals surface area contributed by atoms with Crippen LogP contribution in [0.25, 0.3) is 34.0 Å². The molecule has 0 fully saturated rings. The summed E-state index contributed by atoms with van der Waals surface area (Å²) in [5.41, 5.74) is 8.10. The molecule has 0 aliphatic carbocycles. The van der Waals surface area contributed by atoms with Gasteiger partial charge in [0.05, 0.1) is 17.1 Å². The van der Waals surface area contributed by atoms with Gasteiger partial charge >= 0.3 is 0 Å². The predicted molar refractivity (Wildman–Crippen MR) is 129 cm³/mol. The van der Waals surface area contributed by atoms with E-state index in [1.165, 1.54) is 44.3 Å². The molecule has 0 aliphatic rings. The molecule has 0 bridgehead atoms. The van der Waals surface area contributed by atoms with Crippen LogP contribution in [0.1, 0.15) is 32.8 Å². The molecule has 7 nitrogen and oxygen atoms in total. The standard InChI is InChI=1S/C25H24F2N4O3S/c1-4-5-15-6-8-17(18(26)10-15)20-12-22(34-31-20)24-25(28)29-13-21(30-24)16-7-9-23(19(27)11-16)35(32,33)14(2)3/h6-14H,4-5H2,1-3H3,(H2,28,29). The number of hydrogen-bond acceptors (Lipinski definition) is 7. The molecular weight excluding hydrogens is 474 g/mol. The molecule has 0 radical (unpaired) electrons. The van der Waals surface area contributed by atoms with Gasteiger partial charge < -0.3 is 10.3 Å². The van der Waals surface area contributed by atoms with Crippen molar-refractivity contribution in [1.82, 2.24) is 15.1 Å². The molecule has 0 saturated carbocycles. The zero-order chi connectivity index (χ0) is 25.3. The topological polar surface area (TPSA) is 112 Å². The fourth-order valence-electron chi connectivity index (χ4n) is 3.59. The van der Waals surface area contributed by atoms with Crippen LogP contribution in [0.15, 0.2) is 58.1 Å². The average molecular weight is 499 g/mol. The molecule has 2 heterocycles. The number of rotatable bonds is 7. The van der Waals surface area contributed by atoms with E-state index < -0.39 is 26.7 Å². The van der Waals surface area contributed by atoms with Gasteiger partial charge in [-0.05, 0) is 50.1 Å². The highest BCUT2D eigenvalue weighted by Crippen LogP contribution is 2.32. The van der Waals surface area contributed by atoms with Gasteiger partial charge in [0.2, 0.25) is 0 Å². The van der Waals surface area contributed by atoms with Crippen LogP contribution in [0.5, 0.6) is 0 Å². The molecule has 0 atom stereocenters. The SMILES string of the molecule is CCCc1ccc(-c2cc(-c3nc(-c4ccc(S(=O)(=O)C(C)C)c(F)c4)cnc3N)on2)c(F)c1. The second-order valence-electron chi connectivity index (χ2n) is 8.37. The third-order valence-corrected chi connectivity index (χ3v) is 7.73. The molecule has 0 saturated heterocycles. The lowest BCUT2D eigenvalue weighted by atomic mass is 10.0. The highest BCUT2D eigenvalue weighted by molar-refractivity contribution is 7.92. The Hall–Kier alpha value is -3.66. The Kier molecular flexibility index (Phi) is 6.66. The Morgan fingerprint density at radius 1 is 1.03 bits per heavy atom. The lowest BCUT2D eigenvalue weighted by Crippen LogP contribution is -2.15. The molecule has 0 unspecified atom stereocenters. The molecular formula is C25H24F2N4O3S. The smallest absolute Gasteiger partial charge is 0.189 e. The van der Waals surface area contributed by atoms with Crippen molar-refractivity contribution in [2.45, 2.75) is 43.8 Å². The summed E-state index contributed by atoms with van der Waals surface area (Å²) >= 11 is 0. The zero-order valence-corrected chi connectivity index (χ0v) is 20.2. The molecule has 4 rings (SSSR count). The Morgan fingerprint density at radius 3 is 2.46 bits per heavy atom. The van der Waals surface area contributed by atoms with E-state index in [0.717, 1.165) is 24.5 Å². The molecule has 0 spiro atoms. The van der Waals surface area contributed by atoms with Crippen molar-refractivity contribution >= 4 is 15.7 Å². The van der Waals surface area contributed by atoms with Crippen LogP contribution >= 0.6 is 0 Å². The minimum absolute atomic E-state index is 0.0368. The van der Waals surface area contributed by atoms with E-state index in [-0.39, 0.29) is 39.1 Å². The number of benzene rings is 2. The number of aryl methyl sites for hydroxylation is 1. The maximum atomic E-state index is 14.7. The molecule has 10 heteroatoms. The zero-order valence-electron chi connectivity index (χ0n) is 19.4. The molecule has 35 heavy (non-hydrogen) atoms. The molecule has 0 amide bonds. The van der Waals surface area contributed by atoms with Gasteiger partial charge in [-0.2, -0.15) is 0 Å². The van der Waals surface area contributed by atoms with Gasteiger partial charge in [-0.1, -0.05) is 30.6 Å². The summed E-state index contributed by atoms with van der Waals surface area (Å²) in [5.74, 6) is -1.12. The number of halogens is 2. The first-order valence-electron chi connectivity index (χ1n) is 11.0. The van der Waals surface area contributed by atoms with Crippen molar-refractivity contribution in [3.05, 3.63) is 65.9 Å². The van der Waals surface area contributed by atoms with Crippen molar-refractivity contribution < 1.29 is 21.7 Å². The molecule has 2 aromatic heterocycles. The monoisotopic (exact) mass is 498 g/mol. The molecule has 182 valence electrons. The Labute approximate surface area is 201 Å². The quantitative estimate of drug-likeness (QED) is 0.360. The first-order chi connectivity index (χ1) is 16.6. The van der Waals surface area contributed by atoms with Crippen molar-refractivity contribution in [3.8, 4) is 34.0 Å². The first kappa shape index (κ1) is 24.5. The van der Waals surface area contributed by atoms with Gasteiger partial charge in [-0.25, -0.2) is 27.2 Å². The van der Waals surface area contributed by atoms with E-state index in [2.05, 4.69) is 15.1 Å². The van der Waals surface area contributed by atoms with Crippen molar-refractivity contribution in [2.24, 2.45) is 0 Å². The Bertz CT molecular complexity index is 1500. The van der Waals surface area contributed by atoms with Gasteiger partial charge in [-0.3, -0.25) is 0 Å². The van der Waals surface area contributed by atoms with E-state index in [1.807, 2.05) is 13.0 Å². The lowest BCUT2D eigenvalue weighted by molar-refractivity contribution is 0.433. The summed E-state index contributed by atoms with van der Waals surface area (Å²) in [6.45, 7) is 4.99. The highest BCUT2D eigenvalue weighted by Gasteiger charge is 2.24. The normalized spacial score (nSPS) is 11.8. The van der Waals surface area contributed by atoms with Gasteiger partial charge in [-0.15, -0.1) is 0 Å². The van der Waals surface area contributed by atoms with Crippen LogP contribution in [0, 0.1) is 11.6 Å².